The maximum Gasteiger partial charge on any atom is 0.143 e. The van der Waals surface area contributed by atoms with E-state index in [0.717, 1.165) is 36.6 Å². The molecule has 1 aliphatic heterocycles. The molecule has 25 heavy (non-hydrogen) atoms. The van der Waals surface area contributed by atoms with Crippen molar-refractivity contribution in [2.75, 3.05) is 13.1 Å². The molecule has 0 saturated carbocycles. The van der Waals surface area contributed by atoms with Crippen molar-refractivity contribution in [3.8, 4) is 11.4 Å². The molecule has 1 fully saturated rings. The lowest BCUT2D eigenvalue weighted by Gasteiger charge is -2.27. The third kappa shape index (κ3) is 3.69. The van der Waals surface area contributed by atoms with Gasteiger partial charge in [-0.1, -0.05) is 6.92 Å². The van der Waals surface area contributed by atoms with Crippen LogP contribution < -0.4 is 10.1 Å². The lowest BCUT2D eigenvalue weighted by atomic mass is 9.88. The van der Waals surface area contributed by atoms with Crippen LogP contribution in [0.4, 0.5) is 0 Å². The van der Waals surface area contributed by atoms with Crippen molar-refractivity contribution in [3.63, 3.8) is 0 Å². The summed E-state index contributed by atoms with van der Waals surface area (Å²) in [6.07, 6.45) is 2.72. The average Bonchev–Trinajstić information content (AvgIpc) is 3.33. The van der Waals surface area contributed by atoms with E-state index in [1.165, 1.54) is 5.01 Å². The predicted molar refractivity (Wildman–Crippen MR) is 95.0 cm³/mol. The van der Waals surface area contributed by atoms with E-state index >= 15 is 0 Å². The topological polar surface area (TPSA) is 77.8 Å². The van der Waals surface area contributed by atoms with Gasteiger partial charge in [-0.05, 0) is 60.1 Å². The molecule has 0 radical (unpaired) electrons. The molecule has 2 unspecified atom stereocenters. The van der Waals surface area contributed by atoms with Gasteiger partial charge in [-0.15, -0.1) is 16.4 Å². The average molecular weight is 356 g/mol. The molecule has 1 saturated heterocycles. The number of nitrogens with one attached hydrogen (secondary N) is 1. The van der Waals surface area contributed by atoms with Crippen LogP contribution in [-0.4, -0.2) is 38.3 Å². The van der Waals surface area contributed by atoms with Crippen LogP contribution in [0.3, 0.4) is 0 Å². The molecule has 1 aliphatic rings. The van der Waals surface area contributed by atoms with Crippen LogP contribution in [0.1, 0.15) is 30.0 Å². The molecule has 3 aromatic rings. The van der Waals surface area contributed by atoms with E-state index in [0.29, 0.717) is 18.4 Å². The van der Waals surface area contributed by atoms with Crippen LogP contribution in [0.5, 0.6) is 5.75 Å². The summed E-state index contributed by atoms with van der Waals surface area (Å²) in [6.45, 7) is 4.93. The van der Waals surface area contributed by atoms with Crippen molar-refractivity contribution >= 4 is 11.3 Å². The highest BCUT2D eigenvalue weighted by molar-refractivity contribution is 7.09. The Morgan fingerprint density at radius 2 is 2.20 bits per heavy atom. The van der Waals surface area contributed by atoms with Crippen molar-refractivity contribution in [1.29, 1.82) is 0 Å². The Morgan fingerprint density at radius 3 is 2.96 bits per heavy atom. The smallest absolute Gasteiger partial charge is 0.143 e. The highest BCUT2D eigenvalue weighted by Crippen LogP contribution is 2.32. The number of thiazole rings is 1. The number of ether oxygens (including phenoxy) is 1. The van der Waals surface area contributed by atoms with Gasteiger partial charge in [0.15, 0.2) is 0 Å². The van der Waals surface area contributed by atoms with Gasteiger partial charge in [-0.2, -0.15) is 0 Å². The van der Waals surface area contributed by atoms with Gasteiger partial charge in [-0.3, -0.25) is 0 Å². The van der Waals surface area contributed by atoms with Crippen molar-refractivity contribution < 1.29 is 4.74 Å². The summed E-state index contributed by atoms with van der Waals surface area (Å²) < 4.78 is 7.47. The van der Waals surface area contributed by atoms with Gasteiger partial charge in [0.1, 0.15) is 18.7 Å². The summed E-state index contributed by atoms with van der Waals surface area (Å²) in [5, 5.41) is 17.9. The number of hydrogen-bond donors (Lipinski definition) is 1. The molecule has 0 bridgehead atoms. The van der Waals surface area contributed by atoms with Crippen LogP contribution >= 0.6 is 11.3 Å². The number of tetrazole rings is 1. The Bertz CT molecular complexity index is 801. The molecule has 7 nitrogen and oxygen atoms in total. The number of nitrogens with zero attached hydrogens (tertiary/aromatic N) is 5. The summed E-state index contributed by atoms with van der Waals surface area (Å²) in [5.41, 5.74) is 1.89. The summed E-state index contributed by atoms with van der Waals surface area (Å²) in [5.74, 6) is 2.00. The molecule has 4 rings (SSSR count). The second kappa shape index (κ2) is 7.28. The van der Waals surface area contributed by atoms with Crippen molar-refractivity contribution in [3.05, 3.63) is 46.7 Å². The molecular weight excluding hydrogens is 336 g/mol. The first kappa shape index (κ1) is 16.2. The van der Waals surface area contributed by atoms with Gasteiger partial charge in [0.05, 0.1) is 16.4 Å². The number of aromatic nitrogens is 5. The van der Waals surface area contributed by atoms with Crippen LogP contribution in [0.15, 0.2) is 36.0 Å². The summed E-state index contributed by atoms with van der Waals surface area (Å²) in [4.78, 5) is 4.79. The Kier molecular flexibility index (Phi) is 4.71. The molecule has 1 aromatic carbocycles. The SMILES string of the molecule is CC1CNCCC1c1nc(COc2ccc(-n3cnnn3)cc2)cs1. The fourth-order valence-electron chi connectivity index (χ4n) is 3.07. The minimum atomic E-state index is 0.486. The first-order chi connectivity index (χ1) is 12.3. The van der Waals surface area contributed by atoms with Crippen molar-refractivity contribution in [2.24, 2.45) is 5.92 Å². The quantitative estimate of drug-likeness (QED) is 0.756. The van der Waals surface area contributed by atoms with Crippen LogP contribution in [0, 0.1) is 5.92 Å². The summed E-state index contributed by atoms with van der Waals surface area (Å²) in [6, 6.07) is 7.68. The predicted octanol–water partition coefficient (Wildman–Crippen LogP) is 2.41. The van der Waals surface area contributed by atoms with Crippen LogP contribution in [-0.2, 0) is 6.61 Å². The van der Waals surface area contributed by atoms with E-state index in [-0.39, 0.29) is 0 Å². The molecule has 130 valence electrons. The fourth-order valence-corrected chi connectivity index (χ4v) is 4.14. The zero-order valence-corrected chi connectivity index (χ0v) is 14.8. The molecular formula is C17H20N6OS. The fraction of sp³-hybridized carbons (Fsp3) is 0.412. The number of benzene rings is 1. The van der Waals surface area contributed by atoms with E-state index in [2.05, 4.69) is 33.1 Å². The largest absolute Gasteiger partial charge is 0.487 e. The Morgan fingerprint density at radius 1 is 1.32 bits per heavy atom. The van der Waals surface area contributed by atoms with Crippen molar-refractivity contribution in [2.45, 2.75) is 25.9 Å². The molecule has 0 amide bonds. The Labute approximate surface area is 150 Å². The Balaban J connectivity index is 1.37. The van der Waals surface area contributed by atoms with E-state index in [4.69, 9.17) is 9.72 Å². The highest BCUT2D eigenvalue weighted by Gasteiger charge is 2.25. The van der Waals surface area contributed by atoms with E-state index in [1.54, 1.807) is 22.3 Å². The highest BCUT2D eigenvalue weighted by atomic mass is 32.1. The zero-order valence-electron chi connectivity index (χ0n) is 14.0. The number of rotatable bonds is 5. The second-order valence-corrected chi connectivity index (χ2v) is 7.18. The molecule has 1 N–H and O–H groups in total. The lowest BCUT2D eigenvalue weighted by Crippen LogP contribution is -2.33. The standard InChI is InChI=1S/C17H20N6OS/c1-12-8-18-7-6-16(12)17-20-13(10-25-17)9-24-15-4-2-14(3-5-15)23-11-19-21-22-23/h2-5,10-12,16,18H,6-9H2,1H3. The number of hydrogen-bond acceptors (Lipinski definition) is 7. The monoisotopic (exact) mass is 356 g/mol. The van der Waals surface area contributed by atoms with Gasteiger partial charge in [0.25, 0.3) is 0 Å². The first-order valence-corrected chi connectivity index (χ1v) is 9.29. The van der Waals surface area contributed by atoms with Crippen LogP contribution in [0.2, 0.25) is 0 Å². The maximum absolute atomic E-state index is 5.86. The first-order valence-electron chi connectivity index (χ1n) is 8.41. The van der Waals surface area contributed by atoms with Crippen LogP contribution in [0.25, 0.3) is 5.69 Å². The normalized spacial score (nSPS) is 20.5. The van der Waals surface area contributed by atoms with Gasteiger partial charge in [0.2, 0.25) is 0 Å². The third-order valence-electron chi connectivity index (χ3n) is 4.51. The Hall–Kier alpha value is -2.32. The molecule has 0 spiro atoms. The summed E-state index contributed by atoms with van der Waals surface area (Å²) >= 11 is 1.75. The zero-order chi connectivity index (χ0) is 17.1. The molecule has 2 atom stereocenters. The van der Waals surface area contributed by atoms with E-state index in [9.17, 15) is 0 Å². The van der Waals surface area contributed by atoms with E-state index < -0.39 is 0 Å². The van der Waals surface area contributed by atoms with Gasteiger partial charge < -0.3 is 10.1 Å². The maximum atomic E-state index is 5.86. The van der Waals surface area contributed by atoms with Gasteiger partial charge in [0, 0.05) is 11.3 Å². The number of piperidine rings is 1. The van der Waals surface area contributed by atoms with E-state index in [1.807, 2.05) is 24.3 Å². The minimum Gasteiger partial charge on any atom is -0.487 e. The minimum absolute atomic E-state index is 0.486. The summed E-state index contributed by atoms with van der Waals surface area (Å²) in [7, 11) is 0. The van der Waals surface area contributed by atoms with Gasteiger partial charge >= 0.3 is 0 Å². The molecule has 2 aromatic heterocycles. The molecule has 0 aliphatic carbocycles. The molecule has 8 heteroatoms. The van der Waals surface area contributed by atoms with Gasteiger partial charge in [-0.25, -0.2) is 9.67 Å². The van der Waals surface area contributed by atoms with Crippen molar-refractivity contribution in [1.82, 2.24) is 30.5 Å². The second-order valence-electron chi connectivity index (χ2n) is 6.29. The lowest BCUT2D eigenvalue weighted by molar-refractivity contribution is 0.300. The third-order valence-corrected chi connectivity index (χ3v) is 5.53. The molecule has 3 heterocycles.